The molecule has 1 saturated heterocycles. The van der Waals surface area contributed by atoms with E-state index in [1.807, 2.05) is 6.92 Å². The van der Waals surface area contributed by atoms with E-state index in [4.69, 9.17) is 16.3 Å². The zero-order valence-electron chi connectivity index (χ0n) is 12.3. The van der Waals surface area contributed by atoms with Gasteiger partial charge in [0.1, 0.15) is 24.5 Å². The molecule has 2 unspecified atom stereocenters. The largest absolute Gasteiger partial charge is 0.491 e. The summed E-state index contributed by atoms with van der Waals surface area (Å²) in [5.41, 5.74) is 0. The first kappa shape index (κ1) is 16.6. The van der Waals surface area contributed by atoms with Crippen LogP contribution in [0.4, 0.5) is 4.79 Å². The quantitative estimate of drug-likeness (QED) is 0.749. The first-order chi connectivity index (χ1) is 10.5. The molecule has 0 saturated carbocycles. The number of nitrogens with one attached hydrogen (secondary N) is 1. The van der Waals surface area contributed by atoms with Gasteiger partial charge in [0.05, 0.1) is 6.54 Å². The van der Waals surface area contributed by atoms with E-state index in [0.29, 0.717) is 17.2 Å². The summed E-state index contributed by atoms with van der Waals surface area (Å²) >= 11 is 5.77. The molecule has 0 aliphatic carbocycles. The number of amides is 3. The second-order valence-corrected chi connectivity index (χ2v) is 5.59. The minimum Gasteiger partial charge on any atom is -0.491 e. The summed E-state index contributed by atoms with van der Waals surface area (Å²) in [6.07, 6.45) is 0.441. The molecular formula is C15H19ClN2O4. The standard InChI is InChI=1S/C15H19ClN2O4/c1-2-3-13-14(20)18(15(21)17-13)8-11(19)9-22-12-6-4-10(16)5-7-12/h4-7,11,13,19H,2-3,8-9H2,1H3,(H,17,21). The third-order valence-corrected chi connectivity index (χ3v) is 3.59. The lowest BCUT2D eigenvalue weighted by atomic mass is 10.1. The first-order valence-electron chi connectivity index (χ1n) is 7.19. The van der Waals surface area contributed by atoms with E-state index >= 15 is 0 Å². The van der Waals surface area contributed by atoms with Crippen molar-refractivity contribution in [1.29, 1.82) is 0 Å². The molecule has 120 valence electrons. The summed E-state index contributed by atoms with van der Waals surface area (Å²) in [6, 6.07) is 5.77. The lowest BCUT2D eigenvalue weighted by Crippen LogP contribution is -2.40. The molecule has 3 amide bonds. The third-order valence-electron chi connectivity index (χ3n) is 3.33. The number of urea groups is 1. The fourth-order valence-corrected chi connectivity index (χ4v) is 2.35. The van der Waals surface area contributed by atoms with E-state index in [9.17, 15) is 14.7 Å². The lowest BCUT2D eigenvalue weighted by molar-refractivity contribution is -0.128. The highest BCUT2D eigenvalue weighted by Crippen LogP contribution is 2.16. The second-order valence-electron chi connectivity index (χ2n) is 5.16. The van der Waals surface area contributed by atoms with Crippen LogP contribution in [0.1, 0.15) is 19.8 Å². The average molecular weight is 327 g/mol. The van der Waals surface area contributed by atoms with Gasteiger partial charge in [-0.15, -0.1) is 0 Å². The Labute approximate surface area is 134 Å². The smallest absolute Gasteiger partial charge is 0.324 e. The number of carbonyl (C=O) groups excluding carboxylic acids is 2. The number of nitrogens with zero attached hydrogens (tertiary/aromatic N) is 1. The zero-order chi connectivity index (χ0) is 16.1. The van der Waals surface area contributed by atoms with Crippen molar-refractivity contribution in [2.24, 2.45) is 0 Å². The number of halogens is 1. The van der Waals surface area contributed by atoms with Crippen LogP contribution in [-0.4, -0.2) is 47.2 Å². The molecule has 1 aromatic rings. The Morgan fingerprint density at radius 2 is 2.05 bits per heavy atom. The van der Waals surface area contributed by atoms with Gasteiger partial charge in [0.25, 0.3) is 5.91 Å². The van der Waals surface area contributed by atoms with E-state index < -0.39 is 18.2 Å². The SMILES string of the molecule is CCCC1NC(=O)N(CC(O)COc2ccc(Cl)cc2)C1=O. The second kappa shape index (κ2) is 7.47. The van der Waals surface area contributed by atoms with Crippen LogP contribution in [0.5, 0.6) is 5.75 Å². The van der Waals surface area contributed by atoms with E-state index in [2.05, 4.69) is 5.32 Å². The Balaban J connectivity index is 1.83. The highest BCUT2D eigenvalue weighted by molar-refractivity contribution is 6.30. The Kier molecular flexibility index (Phi) is 5.63. The average Bonchev–Trinajstić information content (AvgIpc) is 2.75. The molecule has 2 atom stereocenters. The predicted molar refractivity (Wildman–Crippen MR) is 81.9 cm³/mol. The highest BCUT2D eigenvalue weighted by Gasteiger charge is 2.38. The Bertz CT molecular complexity index is 535. The molecular weight excluding hydrogens is 308 g/mol. The fourth-order valence-electron chi connectivity index (χ4n) is 2.22. The summed E-state index contributed by atoms with van der Waals surface area (Å²) in [5.74, 6) is 0.266. The molecule has 6 nitrogen and oxygen atoms in total. The molecule has 1 fully saturated rings. The van der Waals surface area contributed by atoms with Crippen LogP contribution >= 0.6 is 11.6 Å². The topological polar surface area (TPSA) is 78.9 Å². The molecule has 1 heterocycles. The van der Waals surface area contributed by atoms with Crippen LogP contribution in [0.25, 0.3) is 0 Å². The molecule has 0 aromatic heterocycles. The van der Waals surface area contributed by atoms with Crippen LogP contribution in [-0.2, 0) is 4.79 Å². The van der Waals surface area contributed by atoms with Gasteiger partial charge in [-0.2, -0.15) is 0 Å². The lowest BCUT2D eigenvalue weighted by Gasteiger charge is -2.18. The molecule has 0 spiro atoms. The number of aliphatic hydroxyl groups is 1. The highest BCUT2D eigenvalue weighted by atomic mass is 35.5. The van der Waals surface area contributed by atoms with Gasteiger partial charge in [-0.3, -0.25) is 9.69 Å². The maximum atomic E-state index is 12.0. The molecule has 2 rings (SSSR count). The van der Waals surface area contributed by atoms with Crippen molar-refractivity contribution in [2.75, 3.05) is 13.2 Å². The molecule has 2 N–H and O–H groups in total. The number of β-amino-alcohol motifs (C(OH)–C–C–N with tert-alkyl or cyclic N) is 1. The van der Waals surface area contributed by atoms with Crippen LogP contribution in [0.15, 0.2) is 24.3 Å². The van der Waals surface area contributed by atoms with Gasteiger partial charge < -0.3 is 15.2 Å². The van der Waals surface area contributed by atoms with Crippen LogP contribution < -0.4 is 10.1 Å². The summed E-state index contributed by atoms with van der Waals surface area (Å²) in [6.45, 7) is 1.84. The molecule has 1 aliphatic rings. The predicted octanol–water partition coefficient (Wildman–Crippen LogP) is 1.80. The van der Waals surface area contributed by atoms with Gasteiger partial charge in [0.2, 0.25) is 0 Å². The van der Waals surface area contributed by atoms with Crippen molar-refractivity contribution < 1.29 is 19.4 Å². The maximum Gasteiger partial charge on any atom is 0.324 e. The number of aliphatic hydroxyl groups excluding tert-OH is 1. The molecule has 7 heteroatoms. The normalized spacial score (nSPS) is 19.2. The van der Waals surface area contributed by atoms with Gasteiger partial charge in [-0.1, -0.05) is 24.9 Å². The minimum atomic E-state index is -0.953. The maximum absolute atomic E-state index is 12.0. The van der Waals surface area contributed by atoms with Crippen LogP contribution in [0.3, 0.4) is 0 Å². The molecule has 22 heavy (non-hydrogen) atoms. The number of ether oxygens (including phenoxy) is 1. The van der Waals surface area contributed by atoms with Gasteiger partial charge in [-0.05, 0) is 30.7 Å². The van der Waals surface area contributed by atoms with Crippen molar-refractivity contribution in [3.05, 3.63) is 29.3 Å². The molecule has 1 aromatic carbocycles. The van der Waals surface area contributed by atoms with Gasteiger partial charge >= 0.3 is 6.03 Å². The molecule has 1 aliphatic heterocycles. The third kappa shape index (κ3) is 4.11. The number of imide groups is 1. The van der Waals surface area contributed by atoms with Crippen molar-refractivity contribution in [2.45, 2.75) is 31.9 Å². The zero-order valence-corrected chi connectivity index (χ0v) is 13.0. The Hall–Kier alpha value is -1.79. The molecule has 0 radical (unpaired) electrons. The van der Waals surface area contributed by atoms with E-state index in [0.717, 1.165) is 11.3 Å². The fraction of sp³-hybridized carbons (Fsp3) is 0.467. The van der Waals surface area contributed by atoms with Gasteiger partial charge in [-0.25, -0.2) is 4.79 Å². The van der Waals surface area contributed by atoms with Crippen molar-refractivity contribution >= 4 is 23.5 Å². The van der Waals surface area contributed by atoms with Crippen LogP contribution in [0.2, 0.25) is 5.02 Å². The molecule has 0 bridgehead atoms. The summed E-state index contributed by atoms with van der Waals surface area (Å²) in [4.78, 5) is 24.8. The summed E-state index contributed by atoms with van der Waals surface area (Å²) in [7, 11) is 0. The van der Waals surface area contributed by atoms with Crippen molar-refractivity contribution in [3.8, 4) is 5.75 Å². The van der Waals surface area contributed by atoms with E-state index in [1.54, 1.807) is 24.3 Å². The van der Waals surface area contributed by atoms with Gasteiger partial charge in [0.15, 0.2) is 0 Å². The number of rotatable bonds is 7. The number of benzene rings is 1. The summed E-state index contributed by atoms with van der Waals surface area (Å²) < 4.78 is 5.40. The van der Waals surface area contributed by atoms with Crippen LogP contribution in [0, 0.1) is 0 Å². The monoisotopic (exact) mass is 326 g/mol. The number of carbonyl (C=O) groups is 2. The Morgan fingerprint density at radius 3 is 2.68 bits per heavy atom. The number of hydrogen-bond acceptors (Lipinski definition) is 4. The van der Waals surface area contributed by atoms with Gasteiger partial charge in [0, 0.05) is 5.02 Å². The van der Waals surface area contributed by atoms with E-state index in [1.165, 1.54) is 0 Å². The minimum absolute atomic E-state index is 0.0167. The van der Waals surface area contributed by atoms with Crippen molar-refractivity contribution in [3.63, 3.8) is 0 Å². The van der Waals surface area contributed by atoms with E-state index in [-0.39, 0.29) is 19.1 Å². The Morgan fingerprint density at radius 1 is 1.36 bits per heavy atom. The van der Waals surface area contributed by atoms with Crippen molar-refractivity contribution in [1.82, 2.24) is 10.2 Å². The summed E-state index contributed by atoms with van der Waals surface area (Å²) in [5, 5.41) is 13.2. The number of hydrogen-bond donors (Lipinski definition) is 2. The first-order valence-corrected chi connectivity index (χ1v) is 7.57.